The summed E-state index contributed by atoms with van der Waals surface area (Å²) in [6, 6.07) is 20.3. The molecule has 37 heavy (non-hydrogen) atoms. The minimum atomic E-state index is -0.191. The molecule has 3 unspecified atom stereocenters. The van der Waals surface area contributed by atoms with Gasteiger partial charge in [0.2, 0.25) is 0 Å². The first-order chi connectivity index (χ1) is 18.0. The van der Waals surface area contributed by atoms with E-state index in [1.807, 2.05) is 36.4 Å². The molecule has 4 atom stereocenters. The van der Waals surface area contributed by atoms with Gasteiger partial charge in [-0.05, 0) is 79.2 Å². The van der Waals surface area contributed by atoms with E-state index in [4.69, 9.17) is 14.5 Å². The quantitative estimate of drug-likeness (QED) is 0.294. The van der Waals surface area contributed by atoms with Crippen molar-refractivity contribution in [3.05, 3.63) is 71.9 Å². The number of rotatable bonds is 8. The number of para-hydroxylation sites is 1. The van der Waals surface area contributed by atoms with E-state index in [9.17, 15) is 4.79 Å². The third-order valence-corrected chi connectivity index (χ3v) is 8.64. The molecule has 3 aromatic rings. The van der Waals surface area contributed by atoms with Crippen molar-refractivity contribution in [3.8, 4) is 5.75 Å². The predicted octanol–water partition coefficient (Wildman–Crippen LogP) is 8.09. The molecule has 2 aromatic carbocycles. The average Bonchev–Trinajstić information content (AvgIpc) is 3.42. The second-order valence-corrected chi connectivity index (χ2v) is 11.7. The van der Waals surface area contributed by atoms with Crippen LogP contribution >= 0.6 is 0 Å². The van der Waals surface area contributed by atoms with Crippen LogP contribution in [0.15, 0.2) is 60.7 Å². The second kappa shape index (κ2) is 11.7. The van der Waals surface area contributed by atoms with Crippen molar-refractivity contribution < 1.29 is 14.3 Å². The van der Waals surface area contributed by atoms with Crippen LogP contribution < -0.4 is 4.74 Å². The van der Waals surface area contributed by atoms with Crippen LogP contribution in [0.25, 0.3) is 10.9 Å². The Morgan fingerprint density at radius 3 is 2.46 bits per heavy atom. The predicted molar refractivity (Wildman–Crippen MR) is 148 cm³/mol. The molecule has 0 amide bonds. The fraction of sp³-hybridized carbons (Fsp3) is 0.515. The maximum Gasteiger partial charge on any atom is 0.313 e. The molecule has 4 heteroatoms. The highest BCUT2D eigenvalue weighted by atomic mass is 16.5. The minimum Gasteiger partial charge on any atom is -0.487 e. The van der Waals surface area contributed by atoms with Crippen molar-refractivity contribution in [3.63, 3.8) is 0 Å². The van der Waals surface area contributed by atoms with Crippen LogP contribution in [0.1, 0.15) is 82.9 Å². The number of nitrogens with zero attached hydrogens (tertiary/aromatic N) is 1. The summed E-state index contributed by atoms with van der Waals surface area (Å²) in [4.78, 5) is 18.4. The van der Waals surface area contributed by atoms with E-state index in [0.717, 1.165) is 53.6 Å². The van der Waals surface area contributed by atoms with Gasteiger partial charge in [-0.15, -0.1) is 0 Å². The monoisotopic (exact) mass is 499 g/mol. The molecule has 2 fully saturated rings. The molecule has 0 aliphatic heterocycles. The summed E-state index contributed by atoms with van der Waals surface area (Å²) >= 11 is 0. The van der Waals surface area contributed by atoms with Gasteiger partial charge in [-0.3, -0.25) is 4.79 Å². The highest BCUT2D eigenvalue weighted by Crippen LogP contribution is 2.41. The van der Waals surface area contributed by atoms with Gasteiger partial charge in [0.05, 0.1) is 17.1 Å². The summed E-state index contributed by atoms with van der Waals surface area (Å²) in [5.74, 6) is 2.55. The van der Waals surface area contributed by atoms with Gasteiger partial charge in [0.15, 0.2) is 0 Å². The Morgan fingerprint density at radius 2 is 1.70 bits per heavy atom. The molecule has 0 N–H and O–H groups in total. The van der Waals surface area contributed by atoms with E-state index in [0.29, 0.717) is 30.3 Å². The summed E-state index contributed by atoms with van der Waals surface area (Å²) in [5.41, 5.74) is 2.93. The number of hydrogen-bond donors (Lipinski definition) is 0. The summed E-state index contributed by atoms with van der Waals surface area (Å²) in [7, 11) is 0. The number of benzene rings is 2. The van der Waals surface area contributed by atoms with Crippen LogP contribution in [0.5, 0.6) is 5.75 Å². The van der Waals surface area contributed by atoms with Crippen LogP contribution in [0, 0.1) is 23.7 Å². The lowest BCUT2D eigenvalue weighted by Crippen LogP contribution is -2.37. The third-order valence-electron chi connectivity index (χ3n) is 8.64. The molecular weight excluding hydrogens is 458 g/mol. The maximum absolute atomic E-state index is 13.7. The SMILES string of the molecule is CC1CCC(C(C)C)C(OC(=O)[C@@H](c2ccc(OCc3ccc4ccccc4n3)cc2)C2CCCC2)C1. The largest absolute Gasteiger partial charge is 0.487 e. The lowest BCUT2D eigenvalue weighted by atomic mass is 9.75. The molecule has 2 aliphatic rings. The second-order valence-electron chi connectivity index (χ2n) is 11.7. The van der Waals surface area contributed by atoms with Gasteiger partial charge in [0.1, 0.15) is 18.5 Å². The van der Waals surface area contributed by atoms with E-state index >= 15 is 0 Å². The van der Waals surface area contributed by atoms with E-state index in [1.165, 1.54) is 19.3 Å². The van der Waals surface area contributed by atoms with E-state index in [2.05, 4.69) is 45.0 Å². The zero-order valence-electron chi connectivity index (χ0n) is 22.6. The zero-order chi connectivity index (χ0) is 25.8. The molecule has 196 valence electrons. The molecule has 0 radical (unpaired) electrons. The number of ether oxygens (including phenoxy) is 2. The molecular formula is C33H41NO3. The molecule has 1 heterocycles. The number of aromatic nitrogens is 1. The number of fused-ring (bicyclic) bond motifs is 1. The number of esters is 1. The van der Waals surface area contributed by atoms with Crippen molar-refractivity contribution in [2.75, 3.05) is 0 Å². The maximum atomic E-state index is 13.7. The van der Waals surface area contributed by atoms with Gasteiger partial charge in [0, 0.05) is 5.39 Å². The topological polar surface area (TPSA) is 48.4 Å². The first-order valence-corrected chi connectivity index (χ1v) is 14.3. The Hall–Kier alpha value is -2.88. The van der Waals surface area contributed by atoms with Crippen molar-refractivity contribution >= 4 is 16.9 Å². The molecule has 4 nitrogen and oxygen atoms in total. The normalized spacial score (nSPS) is 23.3. The number of carbonyl (C=O) groups excluding carboxylic acids is 1. The lowest BCUT2D eigenvalue weighted by molar-refractivity contribution is -0.159. The van der Waals surface area contributed by atoms with Gasteiger partial charge in [-0.2, -0.15) is 0 Å². The van der Waals surface area contributed by atoms with Gasteiger partial charge in [-0.25, -0.2) is 4.98 Å². The molecule has 2 saturated carbocycles. The summed E-state index contributed by atoms with van der Waals surface area (Å²) in [6.07, 6.45) is 8.01. The average molecular weight is 500 g/mol. The van der Waals surface area contributed by atoms with Crippen LogP contribution in [0.2, 0.25) is 0 Å². The molecule has 5 rings (SSSR count). The van der Waals surface area contributed by atoms with Crippen molar-refractivity contribution in [1.29, 1.82) is 0 Å². The Balaban J connectivity index is 1.28. The van der Waals surface area contributed by atoms with E-state index < -0.39 is 0 Å². The molecule has 0 saturated heterocycles. The molecule has 1 aromatic heterocycles. The number of hydrogen-bond acceptors (Lipinski definition) is 4. The van der Waals surface area contributed by atoms with E-state index in [1.54, 1.807) is 0 Å². The standard InChI is InChI=1S/C33H41NO3/c1-22(2)29-19-12-23(3)20-31(29)37-33(35)32(25-9-4-5-10-25)26-14-17-28(18-15-26)36-21-27-16-13-24-8-6-7-11-30(24)34-27/h6-8,11,13-18,22-23,25,29,31-32H,4-5,9-10,12,19-21H2,1-3H3/t23?,29?,31?,32-/m1/s1. The van der Waals surface area contributed by atoms with Crippen LogP contribution in [-0.2, 0) is 16.1 Å². The Bertz CT molecular complexity index is 1180. The Labute approximate surface area is 221 Å². The van der Waals surface area contributed by atoms with Crippen LogP contribution in [0.3, 0.4) is 0 Å². The van der Waals surface area contributed by atoms with Gasteiger partial charge in [0.25, 0.3) is 0 Å². The number of pyridine rings is 1. The Morgan fingerprint density at radius 1 is 0.946 bits per heavy atom. The Kier molecular flexibility index (Phi) is 8.12. The summed E-state index contributed by atoms with van der Waals surface area (Å²) in [5, 5.41) is 1.13. The van der Waals surface area contributed by atoms with Crippen LogP contribution in [-0.4, -0.2) is 17.1 Å². The fourth-order valence-corrected chi connectivity index (χ4v) is 6.48. The van der Waals surface area contributed by atoms with Gasteiger partial charge in [-0.1, -0.05) is 76.4 Å². The van der Waals surface area contributed by atoms with Crippen molar-refractivity contribution in [2.24, 2.45) is 23.7 Å². The van der Waals surface area contributed by atoms with Gasteiger partial charge >= 0.3 is 5.97 Å². The minimum absolute atomic E-state index is 0.0225. The smallest absolute Gasteiger partial charge is 0.313 e. The van der Waals surface area contributed by atoms with Crippen LogP contribution in [0.4, 0.5) is 0 Å². The van der Waals surface area contributed by atoms with E-state index in [-0.39, 0.29) is 18.0 Å². The van der Waals surface area contributed by atoms with Crippen molar-refractivity contribution in [1.82, 2.24) is 4.98 Å². The summed E-state index contributed by atoms with van der Waals surface area (Å²) < 4.78 is 12.4. The molecule has 2 aliphatic carbocycles. The highest BCUT2D eigenvalue weighted by molar-refractivity contribution is 5.79. The fourth-order valence-electron chi connectivity index (χ4n) is 6.48. The third kappa shape index (κ3) is 6.17. The highest BCUT2D eigenvalue weighted by Gasteiger charge is 2.38. The number of carbonyl (C=O) groups is 1. The summed E-state index contributed by atoms with van der Waals surface area (Å²) in [6.45, 7) is 7.23. The lowest BCUT2D eigenvalue weighted by Gasteiger charge is -2.37. The van der Waals surface area contributed by atoms with Crippen molar-refractivity contribution in [2.45, 2.75) is 84.3 Å². The first kappa shape index (κ1) is 25.8. The molecule has 0 bridgehead atoms. The zero-order valence-corrected chi connectivity index (χ0v) is 22.6. The first-order valence-electron chi connectivity index (χ1n) is 14.3. The van der Waals surface area contributed by atoms with Gasteiger partial charge < -0.3 is 9.47 Å². The molecule has 0 spiro atoms.